The first-order valence-corrected chi connectivity index (χ1v) is 10.5. The summed E-state index contributed by atoms with van der Waals surface area (Å²) in [6, 6.07) is 21.1. The summed E-state index contributed by atoms with van der Waals surface area (Å²) in [6.07, 6.45) is 1.85. The number of amides is 1. The third-order valence-electron chi connectivity index (χ3n) is 4.13. The largest absolute Gasteiger partial charge is 0.497 e. The zero-order chi connectivity index (χ0) is 20.1. The highest BCUT2D eigenvalue weighted by atomic mass is 32.1. The highest BCUT2D eigenvalue weighted by Crippen LogP contribution is 2.30. The van der Waals surface area contributed by atoms with E-state index in [0.29, 0.717) is 10.7 Å². The van der Waals surface area contributed by atoms with Crippen molar-refractivity contribution in [3.8, 4) is 15.6 Å². The van der Waals surface area contributed by atoms with E-state index < -0.39 is 0 Å². The Morgan fingerprint density at radius 1 is 1.00 bits per heavy atom. The van der Waals surface area contributed by atoms with Gasteiger partial charge in [-0.2, -0.15) is 0 Å². The van der Waals surface area contributed by atoms with Crippen molar-refractivity contribution in [3.05, 3.63) is 83.2 Å². The summed E-state index contributed by atoms with van der Waals surface area (Å²) in [5.74, 6) is 0.531. The van der Waals surface area contributed by atoms with E-state index in [4.69, 9.17) is 4.74 Å². The normalized spacial score (nSPS) is 11.3. The fourth-order valence-electron chi connectivity index (χ4n) is 2.70. The molecule has 0 aliphatic carbocycles. The molecule has 0 spiro atoms. The van der Waals surface area contributed by atoms with Crippen LogP contribution in [-0.2, 0) is 4.79 Å². The number of rotatable bonds is 6. The third-order valence-corrected chi connectivity index (χ3v) is 6.01. The van der Waals surface area contributed by atoms with Crippen LogP contribution in [0.5, 0.6) is 5.75 Å². The molecular formula is C22H17N3O2S2. The smallest absolute Gasteiger partial charge is 0.258 e. The van der Waals surface area contributed by atoms with Crippen LogP contribution in [0.3, 0.4) is 0 Å². The minimum atomic E-state index is -0.235. The molecule has 0 bridgehead atoms. The molecule has 0 unspecified atom stereocenters. The van der Waals surface area contributed by atoms with E-state index in [2.05, 4.69) is 15.5 Å². The molecule has 0 saturated carbocycles. The van der Waals surface area contributed by atoms with E-state index in [1.54, 1.807) is 18.4 Å². The molecule has 2 heterocycles. The second-order valence-corrected chi connectivity index (χ2v) is 7.97. The van der Waals surface area contributed by atoms with Gasteiger partial charge in [-0.25, -0.2) is 0 Å². The minimum Gasteiger partial charge on any atom is -0.497 e. The molecule has 1 amide bonds. The number of nitrogens with zero attached hydrogens (tertiary/aromatic N) is 2. The van der Waals surface area contributed by atoms with Gasteiger partial charge in [0, 0.05) is 5.57 Å². The molecule has 0 aliphatic heterocycles. The molecule has 4 aromatic rings. The molecule has 7 heteroatoms. The van der Waals surface area contributed by atoms with Crippen molar-refractivity contribution in [2.75, 3.05) is 12.4 Å². The van der Waals surface area contributed by atoms with Gasteiger partial charge in [0.05, 0.1) is 12.0 Å². The number of benzene rings is 2. The second kappa shape index (κ2) is 8.81. The van der Waals surface area contributed by atoms with Crippen LogP contribution in [0.1, 0.15) is 11.1 Å². The molecular weight excluding hydrogens is 402 g/mol. The topological polar surface area (TPSA) is 64.1 Å². The monoisotopic (exact) mass is 419 g/mol. The molecule has 4 rings (SSSR count). The van der Waals surface area contributed by atoms with Crippen LogP contribution in [0.4, 0.5) is 5.13 Å². The lowest BCUT2D eigenvalue weighted by Crippen LogP contribution is -2.13. The summed E-state index contributed by atoms with van der Waals surface area (Å²) >= 11 is 2.95. The Kier molecular flexibility index (Phi) is 5.79. The van der Waals surface area contributed by atoms with Crippen LogP contribution in [0, 0.1) is 0 Å². The number of ether oxygens (including phenoxy) is 1. The summed E-state index contributed by atoms with van der Waals surface area (Å²) in [5, 5.41) is 14.4. The average Bonchev–Trinajstić information content (AvgIpc) is 3.45. The number of carbonyl (C=O) groups is 1. The third kappa shape index (κ3) is 4.59. The van der Waals surface area contributed by atoms with Crippen molar-refractivity contribution in [1.29, 1.82) is 0 Å². The van der Waals surface area contributed by atoms with Crippen LogP contribution >= 0.6 is 22.7 Å². The van der Waals surface area contributed by atoms with Crippen LogP contribution in [0.2, 0.25) is 0 Å². The Bertz CT molecular complexity index is 1120. The molecule has 0 aliphatic rings. The summed E-state index contributed by atoms with van der Waals surface area (Å²) < 4.78 is 5.21. The summed E-state index contributed by atoms with van der Waals surface area (Å²) in [4.78, 5) is 14.1. The van der Waals surface area contributed by atoms with E-state index in [9.17, 15) is 4.79 Å². The fraction of sp³-hybridized carbons (Fsp3) is 0.0455. The lowest BCUT2D eigenvalue weighted by atomic mass is 10.0. The Morgan fingerprint density at radius 3 is 2.48 bits per heavy atom. The summed E-state index contributed by atoms with van der Waals surface area (Å²) in [5.41, 5.74) is 2.27. The average molecular weight is 420 g/mol. The van der Waals surface area contributed by atoms with Crippen molar-refractivity contribution in [2.45, 2.75) is 0 Å². The van der Waals surface area contributed by atoms with Crippen molar-refractivity contribution >= 4 is 45.4 Å². The van der Waals surface area contributed by atoms with Gasteiger partial charge < -0.3 is 4.74 Å². The van der Waals surface area contributed by atoms with Crippen molar-refractivity contribution in [2.24, 2.45) is 0 Å². The summed E-state index contributed by atoms with van der Waals surface area (Å²) in [6.45, 7) is 0. The molecule has 0 radical (unpaired) electrons. The zero-order valence-corrected chi connectivity index (χ0v) is 17.2. The molecule has 0 saturated heterocycles. The first kappa shape index (κ1) is 19.0. The van der Waals surface area contributed by atoms with Crippen LogP contribution in [-0.4, -0.2) is 23.2 Å². The molecule has 29 heavy (non-hydrogen) atoms. The van der Waals surface area contributed by atoms with Gasteiger partial charge in [0.15, 0.2) is 5.01 Å². The van der Waals surface area contributed by atoms with Gasteiger partial charge in [0.2, 0.25) is 5.13 Å². The fourth-order valence-corrected chi connectivity index (χ4v) is 4.23. The predicted octanol–water partition coefficient (Wildman–Crippen LogP) is 5.45. The zero-order valence-electron chi connectivity index (χ0n) is 15.5. The van der Waals surface area contributed by atoms with Gasteiger partial charge in [-0.05, 0) is 40.8 Å². The van der Waals surface area contributed by atoms with E-state index in [0.717, 1.165) is 26.8 Å². The molecule has 144 valence electrons. The Labute approximate surface area is 176 Å². The number of thiophene rings is 1. The number of hydrogen-bond acceptors (Lipinski definition) is 6. The maximum atomic E-state index is 13.1. The number of carbonyl (C=O) groups excluding carboxylic acids is 1. The van der Waals surface area contributed by atoms with Crippen molar-refractivity contribution < 1.29 is 9.53 Å². The minimum absolute atomic E-state index is 0.235. The second-order valence-electron chi connectivity index (χ2n) is 6.04. The maximum Gasteiger partial charge on any atom is 0.258 e. The number of nitrogens with one attached hydrogen (secondary N) is 1. The first-order valence-electron chi connectivity index (χ1n) is 8.83. The van der Waals surface area contributed by atoms with E-state index in [1.807, 2.05) is 78.2 Å². The van der Waals surface area contributed by atoms with E-state index in [1.165, 1.54) is 11.3 Å². The van der Waals surface area contributed by atoms with E-state index in [-0.39, 0.29) is 5.91 Å². The highest BCUT2D eigenvalue weighted by molar-refractivity contribution is 7.23. The maximum absolute atomic E-state index is 13.1. The summed E-state index contributed by atoms with van der Waals surface area (Å²) in [7, 11) is 1.63. The van der Waals surface area contributed by atoms with Gasteiger partial charge in [-0.15, -0.1) is 21.5 Å². The van der Waals surface area contributed by atoms with Gasteiger partial charge in [-0.3, -0.25) is 10.1 Å². The Morgan fingerprint density at radius 2 is 1.79 bits per heavy atom. The molecule has 0 atom stereocenters. The predicted molar refractivity (Wildman–Crippen MR) is 119 cm³/mol. The molecule has 2 aromatic heterocycles. The lowest BCUT2D eigenvalue weighted by Gasteiger charge is -2.08. The molecule has 0 fully saturated rings. The molecule has 2 aromatic carbocycles. The van der Waals surface area contributed by atoms with Crippen LogP contribution in [0.25, 0.3) is 21.5 Å². The van der Waals surface area contributed by atoms with Gasteiger partial charge in [0.1, 0.15) is 5.75 Å². The molecule has 5 nitrogen and oxygen atoms in total. The Balaban J connectivity index is 1.62. The van der Waals surface area contributed by atoms with Crippen molar-refractivity contribution in [3.63, 3.8) is 0 Å². The Hall–Kier alpha value is -3.29. The quantitative estimate of drug-likeness (QED) is 0.333. The number of hydrogen-bond donors (Lipinski definition) is 1. The first-order chi connectivity index (χ1) is 14.2. The number of aromatic nitrogens is 2. The highest BCUT2D eigenvalue weighted by Gasteiger charge is 2.15. The van der Waals surface area contributed by atoms with Crippen LogP contribution in [0.15, 0.2) is 72.1 Å². The number of methoxy groups -OCH3 is 1. The van der Waals surface area contributed by atoms with Gasteiger partial charge in [-0.1, -0.05) is 59.9 Å². The van der Waals surface area contributed by atoms with Crippen molar-refractivity contribution in [1.82, 2.24) is 10.2 Å². The van der Waals surface area contributed by atoms with Gasteiger partial charge >= 0.3 is 0 Å². The standard InChI is InChI=1S/C22H17N3O2S2/c1-27-17-11-9-15(10-12-17)14-18(16-6-3-2-4-7-16)20(26)23-22-25-24-21(29-22)19-8-5-13-28-19/h2-14H,1H3,(H,23,25,26)/b18-14+. The SMILES string of the molecule is COc1ccc(/C=C(/C(=O)Nc2nnc(-c3cccs3)s2)c2ccccc2)cc1. The lowest BCUT2D eigenvalue weighted by molar-refractivity contribution is -0.111. The van der Waals surface area contributed by atoms with E-state index >= 15 is 0 Å². The molecule has 1 N–H and O–H groups in total. The van der Waals surface area contributed by atoms with Gasteiger partial charge in [0.25, 0.3) is 5.91 Å². The number of anilines is 1. The van der Waals surface area contributed by atoms with Crippen LogP contribution < -0.4 is 10.1 Å².